The Morgan fingerprint density at radius 2 is 1.90 bits per heavy atom. The van der Waals surface area contributed by atoms with E-state index in [4.69, 9.17) is 4.74 Å². The number of nitrogens with one attached hydrogen (secondary N) is 1. The number of hydrogen-bond acceptors (Lipinski definition) is 10. The molecule has 2 aromatic heterocycles. The molecule has 1 aliphatic rings. The molecule has 0 bridgehead atoms. The average Bonchev–Trinajstić information content (AvgIpc) is 3.15. The van der Waals surface area contributed by atoms with Crippen LogP contribution in [0, 0.1) is 0 Å². The standard InChI is InChI=1S/C18H21N5O6/c24-6-11-13(26)14(27)15(28)18(29-11)23-8-22-17-12(23)16(20-7-21-17)19-5-9-2-1-3-10(25)4-9/h1-4,7-8,11,13-15,18,24-28H,5-6H2,(H,19,20,21)/t11-,13-,14+,15-,18-/m1/s1. The summed E-state index contributed by atoms with van der Waals surface area (Å²) in [6.07, 6.45) is -3.91. The number of aliphatic hydroxyl groups excluding tert-OH is 4. The van der Waals surface area contributed by atoms with Crippen molar-refractivity contribution in [2.75, 3.05) is 11.9 Å². The number of ether oxygens (including phenoxy) is 1. The Kier molecular flexibility index (Phi) is 5.30. The second kappa shape index (κ2) is 7.89. The number of hydrogen-bond donors (Lipinski definition) is 6. The molecule has 3 aromatic rings. The zero-order chi connectivity index (χ0) is 20.5. The molecule has 0 amide bonds. The van der Waals surface area contributed by atoms with E-state index in [0.29, 0.717) is 23.5 Å². The lowest BCUT2D eigenvalue weighted by Gasteiger charge is -2.40. The first kappa shape index (κ1) is 19.5. The molecule has 1 fully saturated rings. The predicted molar refractivity (Wildman–Crippen MR) is 99.8 cm³/mol. The summed E-state index contributed by atoms with van der Waals surface area (Å²) in [4.78, 5) is 12.5. The van der Waals surface area contributed by atoms with Crippen LogP contribution in [-0.4, -0.2) is 76.1 Å². The van der Waals surface area contributed by atoms with Gasteiger partial charge >= 0.3 is 0 Å². The fourth-order valence-corrected chi connectivity index (χ4v) is 3.36. The number of fused-ring (bicyclic) bond motifs is 1. The Balaban J connectivity index is 1.67. The van der Waals surface area contributed by atoms with Crippen molar-refractivity contribution in [3.8, 4) is 5.75 Å². The van der Waals surface area contributed by atoms with Gasteiger partial charge in [0, 0.05) is 6.54 Å². The Bertz CT molecular complexity index is 996. The molecular formula is C18H21N5O6. The molecule has 11 nitrogen and oxygen atoms in total. The van der Waals surface area contributed by atoms with Crippen LogP contribution in [0.5, 0.6) is 5.75 Å². The Labute approximate surface area is 164 Å². The molecule has 5 atom stereocenters. The van der Waals surface area contributed by atoms with E-state index in [-0.39, 0.29) is 5.75 Å². The van der Waals surface area contributed by atoms with Crippen LogP contribution in [0.3, 0.4) is 0 Å². The summed E-state index contributed by atoms with van der Waals surface area (Å²) in [7, 11) is 0. The maximum absolute atomic E-state index is 10.4. The second-order valence-corrected chi connectivity index (χ2v) is 6.79. The summed E-state index contributed by atoms with van der Waals surface area (Å²) >= 11 is 0. The summed E-state index contributed by atoms with van der Waals surface area (Å²) in [5.74, 6) is 0.538. The minimum Gasteiger partial charge on any atom is -0.508 e. The summed E-state index contributed by atoms with van der Waals surface area (Å²) in [6, 6.07) is 6.74. The number of nitrogens with zero attached hydrogens (tertiary/aromatic N) is 4. The molecule has 1 aliphatic heterocycles. The molecule has 0 saturated carbocycles. The normalized spacial score (nSPS) is 27.2. The molecule has 0 spiro atoms. The number of aromatic hydroxyl groups is 1. The molecule has 11 heteroatoms. The van der Waals surface area contributed by atoms with Crippen molar-refractivity contribution in [1.29, 1.82) is 0 Å². The second-order valence-electron chi connectivity index (χ2n) is 6.79. The van der Waals surface area contributed by atoms with Crippen molar-refractivity contribution in [2.24, 2.45) is 0 Å². The molecular weight excluding hydrogens is 382 g/mol. The van der Waals surface area contributed by atoms with Gasteiger partial charge < -0.3 is 35.6 Å². The molecule has 3 heterocycles. The zero-order valence-electron chi connectivity index (χ0n) is 15.2. The molecule has 0 radical (unpaired) electrons. The number of anilines is 1. The average molecular weight is 403 g/mol. The van der Waals surface area contributed by atoms with Crippen molar-refractivity contribution >= 4 is 17.0 Å². The van der Waals surface area contributed by atoms with E-state index in [1.807, 2.05) is 6.07 Å². The number of rotatable bonds is 5. The molecule has 154 valence electrons. The SMILES string of the molecule is OC[C@H]1O[C@@H](n2cnc3ncnc(NCc4cccc(O)c4)c32)[C@H](O)[C@@H](O)[C@@H]1O. The van der Waals surface area contributed by atoms with Crippen molar-refractivity contribution < 1.29 is 30.3 Å². The van der Waals surface area contributed by atoms with Crippen LogP contribution in [0.2, 0.25) is 0 Å². The largest absolute Gasteiger partial charge is 0.508 e. The van der Waals surface area contributed by atoms with Gasteiger partial charge in [0.1, 0.15) is 48.3 Å². The number of benzene rings is 1. The Morgan fingerprint density at radius 1 is 1.07 bits per heavy atom. The van der Waals surface area contributed by atoms with Gasteiger partial charge in [-0.3, -0.25) is 4.57 Å². The van der Waals surface area contributed by atoms with E-state index in [9.17, 15) is 25.5 Å². The van der Waals surface area contributed by atoms with Gasteiger partial charge in [-0.1, -0.05) is 12.1 Å². The quantitative estimate of drug-likeness (QED) is 0.315. The predicted octanol–water partition coefficient (Wildman–Crippen LogP) is -0.884. The van der Waals surface area contributed by atoms with Crippen LogP contribution in [-0.2, 0) is 11.3 Å². The smallest absolute Gasteiger partial charge is 0.183 e. The van der Waals surface area contributed by atoms with Gasteiger partial charge in [0.2, 0.25) is 0 Å². The molecule has 4 rings (SSSR count). The van der Waals surface area contributed by atoms with E-state index in [0.717, 1.165) is 5.56 Å². The summed E-state index contributed by atoms with van der Waals surface area (Å²) in [6.45, 7) is -0.187. The first-order valence-corrected chi connectivity index (χ1v) is 8.99. The molecule has 6 N–H and O–H groups in total. The van der Waals surface area contributed by atoms with E-state index >= 15 is 0 Å². The summed E-state index contributed by atoms with van der Waals surface area (Å²) in [5.41, 5.74) is 1.56. The van der Waals surface area contributed by atoms with Crippen LogP contribution in [0.4, 0.5) is 5.82 Å². The zero-order valence-corrected chi connectivity index (χ0v) is 15.2. The topological polar surface area (TPSA) is 166 Å². The first-order valence-electron chi connectivity index (χ1n) is 8.99. The van der Waals surface area contributed by atoms with E-state index < -0.39 is 37.3 Å². The molecule has 1 saturated heterocycles. The van der Waals surface area contributed by atoms with Crippen molar-refractivity contribution in [3.63, 3.8) is 0 Å². The van der Waals surface area contributed by atoms with Crippen LogP contribution in [0.15, 0.2) is 36.9 Å². The van der Waals surface area contributed by atoms with Crippen molar-refractivity contribution in [3.05, 3.63) is 42.5 Å². The summed E-state index contributed by atoms with van der Waals surface area (Å²) in [5, 5.41) is 52.7. The van der Waals surface area contributed by atoms with Crippen LogP contribution in [0.1, 0.15) is 11.8 Å². The lowest BCUT2D eigenvalue weighted by atomic mass is 9.98. The third kappa shape index (κ3) is 3.61. The highest BCUT2D eigenvalue weighted by Gasteiger charge is 2.44. The van der Waals surface area contributed by atoms with E-state index in [2.05, 4.69) is 20.3 Å². The van der Waals surface area contributed by atoms with E-state index in [1.165, 1.54) is 17.2 Å². The highest BCUT2D eigenvalue weighted by molar-refractivity contribution is 5.83. The molecule has 1 aromatic carbocycles. The number of imidazole rings is 1. The van der Waals surface area contributed by atoms with Gasteiger partial charge in [-0.15, -0.1) is 0 Å². The van der Waals surface area contributed by atoms with Gasteiger partial charge in [0.05, 0.1) is 6.61 Å². The maximum atomic E-state index is 10.4. The lowest BCUT2D eigenvalue weighted by Crippen LogP contribution is -2.56. The number of phenolic OH excluding ortho intramolecular Hbond substituents is 1. The van der Waals surface area contributed by atoms with Crippen molar-refractivity contribution in [2.45, 2.75) is 37.2 Å². The fourth-order valence-electron chi connectivity index (χ4n) is 3.36. The minimum atomic E-state index is -1.52. The van der Waals surface area contributed by atoms with Crippen LogP contribution >= 0.6 is 0 Å². The Hall–Kier alpha value is -2.83. The lowest BCUT2D eigenvalue weighted by molar-refractivity contribution is -0.250. The highest BCUT2D eigenvalue weighted by Crippen LogP contribution is 2.32. The highest BCUT2D eigenvalue weighted by atomic mass is 16.6. The minimum absolute atomic E-state index is 0.142. The maximum Gasteiger partial charge on any atom is 0.183 e. The third-order valence-corrected chi connectivity index (χ3v) is 4.88. The third-order valence-electron chi connectivity index (χ3n) is 4.88. The van der Waals surface area contributed by atoms with Gasteiger partial charge in [-0.2, -0.15) is 0 Å². The van der Waals surface area contributed by atoms with Gasteiger partial charge in [-0.25, -0.2) is 15.0 Å². The van der Waals surface area contributed by atoms with Gasteiger partial charge in [0.15, 0.2) is 17.7 Å². The monoisotopic (exact) mass is 403 g/mol. The number of aliphatic hydroxyl groups is 4. The molecule has 0 unspecified atom stereocenters. The van der Waals surface area contributed by atoms with Crippen molar-refractivity contribution in [1.82, 2.24) is 19.5 Å². The van der Waals surface area contributed by atoms with E-state index in [1.54, 1.807) is 18.2 Å². The fraction of sp³-hybridized carbons (Fsp3) is 0.389. The summed E-state index contributed by atoms with van der Waals surface area (Å²) < 4.78 is 7.06. The first-order chi connectivity index (χ1) is 14.0. The van der Waals surface area contributed by atoms with Crippen LogP contribution < -0.4 is 5.32 Å². The molecule has 0 aliphatic carbocycles. The number of phenols is 1. The van der Waals surface area contributed by atoms with Gasteiger partial charge in [-0.05, 0) is 17.7 Å². The van der Waals surface area contributed by atoms with Crippen LogP contribution in [0.25, 0.3) is 11.2 Å². The van der Waals surface area contributed by atoms with Gasteiger partial charge in [0.25, 0.3) is 0 Å². The Morgan fingerprint density at radius 3 is 2.66 bits per heavy atom. The number of aromatic nitrogens is 4. The molecule has 29 heavy (non-hydrogen) atoms.